The molecular weight excluding hydrogens is 520 g/mol. The van der Waals surface area contributed by atoms with Gasteiger partial charge in [0, 0.05) is 42.7 Å². The summed E-state index contributed by atoms with van der Waals surface area (Å²) in [6.07, 6.45) is 2.44. The van der Waals surface area contributed by atoms with Gasteiger partial charge in [-0.2, -0.15) is 0 Å². The van der Waals surface area contributed by atoms with Crippen molar-refractivity contribution in [3.63, 3.8) is 0 Å². The number of hydrogen-bond donors (Lipinski definition) is 2. The van der Waals surface area contributed by atoms with Crippen molar-refractivity contribution in [2.75, 3.05) is 24.7 Å². The standard InChI is InChI=1S/C41H40N2/c1-26(2)28-16-17-29-22-27(3)39(36(29)23-28)41(30-12-8-6-9-13-30,31-14-10-7-11-15-31)40-37-24-32(42-4)18-20-34(37)35-21-19-33(43-5)25-38(35)40/h6-26,39-40,42-43H,1-5H3. The minimum absolute atomic E-state index is 0.0749. The summed E-state index contributed by atoms with van der Waals surface area (Å²) in [4.78, 5) is 0. The number of rotatable bonds is 7. The SMILES string of the molecule is CNc1ccc2c(c1)C(C(c1ccccc1)(c1ccccc1)C1C(C)=Cc3ccc(C(C)C)cc31)c1cc(NC)ccc1-2. The second-order valence-corrected chi connectivity index (χ2v) is 12.5. The van der Waals surface area contributed by atoms with E-state index >= 15 is 0 Å². The van der Waals surface area contributed by atoms with Crippen LogP contribution in [0.25, 0.3) is 17.2 Å². The fraction of sp³-hybridized carbons (Fsp3) is 0.220. The molecule has 1 atom stereocenters. The van der Waals surface area contributed by atoms with Crippen molar-refractivity contribution in [1.29, 1.82) is 0 Å². The molecule has 214 valence electrons. The topological polar surface area (TPSA) is 24.1 Å². The van der Waals surface area contributed by atoms with E-state index in [0.29, 0.717) is 5.92 Å². The van der Waals surface area contributed by atoms with Gasteiger partial charge in [0.15, 0.2) is 0 Å². The van der Waals surface area contributed by atoms with E-state index in [0.717, 1.165) is 11.4 Å². The number of nitrogens with one attached hydrogen (secondary N) is 2. The minimum atomic E-state index is -0.414. The Hall–Kier alpha value is -4.56. The molecule has 1 unspecified atom stereocenters. The third kappa shape index (κ3) is 4.15. The quantitative estimate of drug-likeness (QED) is 0.207. The van der Waals surface area contributed by atoms with Crippen molar-refractivity contribution < 1.29 is 0 Å². The second-order valence-electron chi connectivity index (χ2n) is 12.5. The predicted molar refractivity (Wildman–Crippen MR) is 183 cm³/mol. The van der Waals surface area contributed by atoms with Crippen LogP contribution >= 0.6 is 0 Å². The van der Waals surface area contributed by atoms with Gasteiger partial charge >= 0.3 is 0 Å². The Labute approximate surface area is 256 Å². The zero-order chi connectivity index (χ0) is 29.7. The van der Waals surface area contributed by atoms with Crippen molar-refractivity contribution >= 4 is 17.5 Å². The maximum atomic E-state index is 3.45. The van der Waals surface area contributed by atoms with Gasteiger partial charge < -0.3 is 10.6 Å². The van der Waals surface area contributed by atoms with Crippen LogP contribution in [0, 0.1) is 0 Å². The first-order valence-corrected chi connectivity index (χ1v) is 15.5. The molecule has 2 aliphatic carbocycles. The molecule has 5 aromatic carbocycles. The third-order valence-electron chi connectivity index (χ3n) is 9.93. The number of benzene rings is 5. The Morgan fingerprint density at radius 1 is 0.581 bits per heavy atom. The van der Waals surface area contributed by atoms with Crippen LogP contribution in [-0.4, -0.2) is 14.1 Å². The molecule has 0 fully saturated rings. The molecule has 2 heteroatoms. The smallest absolute Gasteiger partial charge is 0.0418 e. The summed E-state index contributed by atoms with van der Waals surface area (Å²) in [6.45, 7) is 6.95. The Balaban J connectivity index is 1.65. The van der Waals surface area contributed by atoms with Gasteiger partial charge in [-0.3, -0.25) is 0 Å². The number of fused-ring (bicyclic) bond motifs is 4. The van der Waals surface area contributed by atoms with Gasteiger partial charge in [-0.25, -0.2) is 0 Å². The molecule has 2 nitrogen and oxygen atoms in total. The average Bonchev–Trinajstić information content (AvgIpc) is 3.56. The Morgan fingerprint density at radius 2 is 1.12 bits per heavy atom. The molecule has 0 aromatic heterocycles. The first-order valence-electron chi connectivity index (χ1n) is 15.5. The van der Waals surface area contributed by atoms with Crippen LogP contribution in [0.5, 0.6) is 0 Å². The predicted octanol–water partition coefficient (Wildman–Crippen LogP) is 10.2. The van der Waals surface area contributed by atoms with Gasteiger partial charge in [0.1, 0.15) is 0 Å². The maximum absolute atomic E-state index is 3.45. The molecule has 0 saturated carbocycles. The lowest BCUT2D eigenvalue weighted by molar-refractivity contribution is 0.405. The van der Waals surface area contributed by atoms with Crippen LogP contribution in [-0.2, 0) is 5.41 Å². The van der Waals surface area contributed by atoms with Gasteiger partial charge in [-0.05, 0) is 87.2 Å². The Bertz CT molecular complexity index is 1740. The van der Waals surface area contributed by atoms with Crippen LogP contribution in [0.15, 0.2) is 121 Å². The molecule has 5 aromatic rings. The minimum Gasteiger partial charge on any atom is -0.388 e. The van der Waals surface area contributed by atoms with Crippen LogP contribution < -0.4 is 10.6 Å². The number of anilines is 2. The first-order chi connectivity index (χ1) is 21.0. The zero-order valence-electron chi connectivity index (χ0n) is 25.8. The molecule has 7 rings (SSSR count). The highest BCUT2D eigenvalue weighted by molar-refractivity contribution is 5.85. The maximum Gasteiger partial charge on any atom is 0.0418 e. The summed E-state index contributed by atoms with van der Waals surface area (Å²) in [6, 6.07) is 43.7. The largest absolute Gasteiger partial charge is 0.388 e. The summed E-state index contributed by atoms with van der Waals surface area (Å²) >= 11 is 0. The van der Waals surface area contributed by atoms with Crippen LogP contribution in [0.2, 0.25) is 0 Å². The van der Waals surface area contributed by atoms with Crippen molar-refractivity contribution in [2.45, 2.75) is 43.9 Å². The molecule has 0 aliphatic heterocycles. The monoisotopic (exact) mass is 560 g/mol. The Morgan fingerprint density at radius 3 is 1.60 bits per heavy atom. The molecular formula is C41H40N2. The zero-order valence-corrected chi connectivity index (χ0v) is 25.8. The highest BCUT2D eigenvalue weighted by atomic mass is 14.8. The van der Waals surface area contributed by atoms with E-state index in [-0.39, 0.29) is 11.8 Å². The van der Waals surface area contributed by atoms with Crippen LogP contribution in [0.4, 0.5) is 11.4 Å². The van der Waals surface area contributed by atoms with Crippen molar-refractivity contribution in [1.82, 2.24) is 0 Å². The fourth-order valence-corrected chi connectivity index (χ4v) is 8.00. The van der Waals surface area contributed by atoms with E-state index in [1.54, 1.807) is 0 Å². The van der Waals surface area contributed by atoms with Gasteiger partial charge in [0.25, 0.3) is 0 Å². The molecule has 0 saturated heterocycles. The van der Waals surface area contributed by atoms with Gasteiger partial charge in [-0.1, -0.05) is 116 Å². The van der Waals surface area contributed by atoms with E-state index < -0.39 is 5.41 Å². The summed E-state index contributed by atoms with van der Waals surface area (Å²) in [7, 11) is 4.04. The third-order valence-corrected chi connectivity index (χ3v) is 9.93. The van der Waals surface area contributed by atoms with E-state index in [1.165, 1.54) is 55.6 Å². The number of hydrogen-bond acceptors (Lipinski definition) is 2. The second kappa shape index (κ2) is 10.6. The molecule has 2 N–H and O–H groups in total. The summed E-state index contributed by atoms with van der Waals surface area (Å²) < 4.78 is 0. The van der Waals surface area contributed by atoms with Gasteiger partial charge in [0.2, 0.25) is 0 Å². The summed E-state index contributed by atoms with van der Waals surface area (Å²) in [5.74, 6) is 0.677. The highest BCUT2D eigenvalue weighted by Crippen LogP contribution is 2.64. The van der Waals surface area contributed by atoms with Gasteiger partial charge in [0.05, 0.1) is 0 Å². The molecule has 0 spiro atoms. The average molecular weight is 561 g/mol. The highest BCUT2D eigenvalue weighted by Gasteiger charge is 2.54. The molecule has 0 bridgehead atoms. The molecule has 0 amide bonds. The fourth-order valence-electron chi connectivity index (χ4n) is 8.00. The number of allylic oxidation sites excluding steroid dienone is 1. The van der Waals surface area contributed by atoms with Crippen molar-refractivity contribution in [3.05, 3.63) is 160 Å². The lowest BCUT2D eigenvalue weighted by Crippen LogP contribution is -2.41. The summed E-state index contributed by atoms with van der Waals surface area (Å²) in [5, 5.41) is 6.90. The lowest BCUT2D eigenvalue weighted by Gasteiger charge is -2.47. The Kier molecular flexibility index (Phi) is 6.73. The van der Waals surface area contributed by atoms with E-state index in [4.69, 9.17) is 0 Å². The van der Waals surface area contributed by atoms with Crippen molar-refractivity contribution in [3.8, 4) is 11.1 Å². The lowest BCUT2D eigenvalue weighted by atomic mass is 9.54. The van der Waals surface area contributed by atoms with E-state index in [2.05, 4.69) is 153 Å². The first kappa shape index (κ1) is 27.3. The molecule has 0 heterocycles. The molecule has 0 radical (unpaired) electrons. The van der Waals surface area contributed by atoms with Crippen LogP contribution in [0.1, 0.15) is 77.5 Å². The van der Waals surface area contributed by atoms with Crippen molar-refractivity contribution in [2.24, 2.45) is 0 Å². The summed E-state index contributed by atoms with van der Waals surface area (Å²) in [5.41, 5.74) is 15.5. The van der Waals surface area contributed by atoms with Gasteiger partial charge in [-0.15, -0.1) is 0 Å². The van der Waals surface area contributed by atoms with Crippen LogP contribution in [0.3, 0.4) is 0 Å². The normalized spacial score (nSPS) is 15.6. The van der Waals surface area contributed by atoms with E-state index in [1.807, 2.05) is 14.1 Å². The molecule has 43 heavy (non-hydrogen) atoms. The van der Waals surface area contributed by atoms with E-state index in [9.17, 15) is 0 Å². The molecule has 2 aliphatic rings.